The molecule has 1 fully saturated rings. The lowest BCUT2D eigenvalue weighted by Crippen LogP contribution is -2.51. The van der Waals surface area contributed by atoms with Gasteiger partial charge in [-0.15, -0.1) is 13.2 Å². The lowest BCUT2D eigenvalue weighted by atomic mass is 9.98. The van der Waals surface area contributed by atoms with E-state index in [1.807, 2.05) is 60.7 Å². The molecule has 0 bridgehead atoms. The van der Waals surface area contributed by atoms with Gasteiger partial charge in [0.15, 0.2) is 5.75 Å². The van der Waals surface area contributed by atoms with Gasteiger partial charge in [-0.05, 0) is 29.3 Å². The Kier molecular flexibility index (Phi) is 7.11. The van der Waals surface area contributed by atoms with Crippen LogP contribution in [0.25, 0.3) is 0 Å². The molecular weight excluding hydrogens is 472 g/mol. The highest BCUT2D eigenvalue weighted by Gasteiger charge is 2.39. The van der Waals surface area contributed by atoms with E-state index in [0.717, 1.165) is 11.1 Å². The molecule has 35 heavy (non-hydrogen) atoms. The third-order valence-electron chi connectivity index (χ3n) is 5.76. The fourth-order valence-electron chi connectivity index (χ4n) is 4.06. The number of anilines is 2. The molecule has 1 heterocycles. The molecule has 0 unspecified atom stereocenters. The van der Waals surface area contributed by atoms with E-state index in [-0.39, 0.29) is 31.9 Å². The highest BCUT2D eigenvalue weighted by molar-refractivity contribution is 5.67. The van der Waals surface area contributed by atoms with Crippen molar-refractivity contribution in [1.82, 2.24) is 4.90 Å². The zero-order valence-corrected chi connectivity index (χ0v) is 18.5. The molecule has 0 saturated carbocycles. The maximum absolute atomic E-state index is 13.1. The molecule has 0 aromatic heterocycles. The van der Waals surface area contributed by atoms with Crippen molar-refractivity contribution in [3.63, 3.8) is 0 Å². The minimum absolute atomic E-state index is 0.0794. The number of rotatable bonds is 6. The van der Waals surface area contributed by atoms with E-state index >= 15 is 0 Å². The van der Waals surface area contributed by atoms with Gasteiger partial charge in [-0.3, -0.25) is 0 Å². The summed E-state index contributed by atoms with van der Waals surface area (Å²) in [4.78, 5) is 2.13. The third kappa shape index (κ3) is 6.39. The first kappa shape index (κ1) is 24.7. The van der Waals surface area contributed by atoms with Gasteiger partial charge in [-0.2, -0.15) is 13.2 Å². The lowest BCUT2D eigenvalue weighted by molar-refractivity contribution is -0.274. The van der Waals surface area contributed by atoms with Crippen LogP contribution in [0.2, 0.25) is 0 Å². The van der Waals surface area contributed by atoms with Gasteiger partial charge in [-0.1, -0.05) is 60.7 Å². The normalized spacial score (nSPS) is 15.3. The van der Waals surface area contributed by atoms with Crippen molar-refractivity contribution in [3.8, 4) is 5.75 Å². The number of alkyl halides is 6. The predicted molar refractivity (Wildman–Crippen MR) is 121 cm³/mol. The minimum atomic E-state index is -4.91. The van der Waals surface area contributed by atoms with Crippen LogP contribution in [-0.2, 0) is 0 Å². The molecule has 4 rings (SSSR count). The van der Waals surface area contributed by atoms with Crippen LogP contribution < -0.4 is 15.0 Å². The number of nitrogens with zero attached hydrogens (tertiary/aromatic N) is 2. The standard InChI is InChI=1S/C25H23F6N3O/c26-24(27,28)34-15-13-33(14-16-34)20-11-12-22(35-25(29,30)31)21(17-20)32-23(18-7-3-1-4-8-18)19-9-5-2-6-10-19/h1-12,17,23,32H,13-16H2. The van der Waals surface area contributed by atoms with Crippen molar-refractivity contribution in [2.24, 2.45) is 0 Å². The second-order valence-electron chi connectivity index (χ2n) is 8.07. The van der Waals surface area contributed by atoms with E-state index in [9.17, 15) is 26.3 Å². The van der Waals surface area contributed by atoms with Crippen molar-refractivity contribution in [3.05, 3.63) is 90.0 Å². The van der Waals surface area contributed by atoms with Gasteiger partial charge in [0.2, 0.25) is 0 Å². The molecule has 0 spiro atoms. The SMILES string of the molecule is FC(F)(F)Oc1ccc(N2CCN(C(F)(F)F)CC2)cc1NC(c1ccccc1)c1ccccc1. The average Bonchev–Trinajstić information content (AvgIpc) is 2.83. The van der Waals surface area contributed by atoms with Crippen molar-refractivity contribution < 1.29 is 31.1 Å². The van der Waals surface area contributed by atoms with E-state index in [2.05, 4.69) is 10.1 Å². The van der Waals surface area contributed by atoms with Crippen LogP contribution in [0.3, 0.4) is 0 Å². The molecule has 10 heteroatoms. The molecule has 0 amide bonds. The van der Waals surface area contributed by atoms with E-state index in [0.29, 0.717) is 10.6 Å². The summed E-state index contributed by atoms with van der Waals surface area (Å²) >= 11 is 0. The number of hydrogen-bond acceptors (Lipinski definition) is 4. The van der Waals surface area contributed by atoms with Crippen LogP contribution in [0.4, 0.5) is 37.7 Å². The molecule has 0 radical (unpaired) electrons. The number of nitrogens with one attached hydrogen (secondary N) is 1. The lowest BCUT2D eigenvalue weighted by Gasteiger charge is -2.37. The van der Waals surface area contributed by atoms with Crippen LogP contribution in [0.1, 0.15) is 17.2 Å². The van der Waals surface area contributed by atoms with Crippen LogP contribution in [0.5, 0.6) is 5.75 Å². The van der Waals surface area contributed by atoms with Crippen molar-refractivity contribution >= 4 is 11.4 Å². The molecule has 1 saturated heterocycles. The number of ether oxygens (including phenoxy) is 1. The Balaban J connectivity index is 1.67. The van der Waals surface area contributed by atoms with Gasteiger partial charge in [-0.25, -0.2) is 4.90 Å². The fraction of sp³-hybridized carbons (Fsp3) is 0.280. The molecule has 0 atom stereocenters. The summed E-state index contributed by atoms with van der Waals surface area (Å²) in [6, 6.07) is 22.0. The number of piperazine rings is 1. The van der Waals surface area contributed by atoms with Gasteiger partial charge < -0.3 is 15.0 Å². The zero-order valence-electron chi connectivity index (χ0n) is 18.5. The third-order valence-corrected chi connectivity index (χ3v) is 5.76. The smallest absolute Gasteiger partial charge is 0.404 e. The Morgan fingerprint density at radius 3 is 1.74 bits per heavy atom. The summed E-state index contributed by atoms with van der Waals surface area (Å²) in [6.45, 7) is -0.300. The van der Waals surface area contributed by atoms with E-state index in [1.54, 1.807) is 4.90 Å². The number of hydrogen-bond donors (Lipinski definition) is 1. The molecule has 0 aliphatic carbocycles. The quantitative estimate of drug-likeness (QED) is 0.315. The highest BCUT2D eigenvalue weighted by Crippen LogP contribution is 2.38. The van der Waals surface area contributed by atoms with Gasteiger partial charge in [0, 0.05) is 31.9 Å². The number of benzene rings is 3. The Hall–Kier alpha value is -3.40. The van der Waals surface area contributed by atoms with Gasteiger partial charge in [0.05, 0.1) is 11.7 Å². The summed E-state index contributed by atoms with van der Waals surface area (Å²) in [5, 5.41) is 3.17. The topological polar surface area (TPSA) is 27.7 Å². The first-order valence-electron chi connectivity index (χ1n) is 10.9. The molecule has 1 N–H and O–H groups in total. The molecule has 1 aliphatic rings. The minimum Gasteiger partial charge on any atom is -0.404 e. The number of halogens is 6. The Bertz CT molecular complexity index is 1060. The Morgan fingerprint density at radius 2 is 1.26 bits per heavy atom. The van der Waals surface area contributed by atoms with Crippen LogP contribution >= 0.6 is 0 Å². The predicted octanol–water partition coefficient (Wildman–Crippen LogP) is 6.43. The van der Waals surface area contributed by atoms with Crippen LogP contribution in [0.15, 0.2) is 78.9 Å². The molecule has 1 aliphatic heterocycles. The van der Waals surface area contributed by atoms with Crippen LogP contribution in [-0.4, -0.2) is 43.7 Å². The summed E-state index contributed by atoms with van der Waals surface area (Å²) in [5.41, 5.74) is 2.22. The average molecular weight is 495 g/mol. The molecule has 3 aromatic rings. The van der Waals surface area contributed by atoms with Gasteiger partial charge in [0.1, 0.15) is 0 Å². The largest absolute Gasteiger partial charge is 0.573 e. The second-order valence-corrected chi connectivity index (χ2v) is 8.07. The summed E-state index contributed by atoms with van der Waals surface area (Å²) < 4.78 is 82.7. The summed E-state index contributed by atoms with van der Waals surface area (Å²) in [6.07, 6.45) is -9.33. The van der Waals surface area contributed by atoms with E-state index in [1.165, 1.54) is 18.2 Å². The molecule has 3 aromatic carbocycles. The fourth-order valence-corrected chi connectivity index (χ4v) is 4.06. The first-order chi connectivity index (χ1) is 16.6. The van der Waals surface area contributed by atoms with Gasteiger partial charge >= 0.3 is 12.7 Å². The monoisotopic (exact) mass is 495 g/mol. The van der Waals surface area contributed by atoms with Crippen molar-refractivity contribution in [2.75, 3.05) is 36.4 Å². The van der Waals surface area contributed by atoms with E-state index < -0.39 is 24.5 Å². The molecule has 186 valence electrons. The maximum atomic E-state index is 13.1. The Labute approximate surface area is 198 Å². The first-order valence-corrected chi connectivity index (χ1v) is 10.9. The summed E-state index contributed by atoms with van der Waals surface area (Å²) in [5.74, 6) is -0.424. The highest BCUT2D eigenvalue weighted by atomic mass is 19.4. The van der Waals surface area contributed by atoms with Crippen molar-refractivity contribution in [1.29, 1.82) is 0 Å². The Morgan fingerprint density at radius 1 is 0.714 bits per heavy atom. The second kappa shape index (κ2) is 10.1. The summed E-state index contributed by atoms with van der Waals surface area (Å²) in [7, 11) is 0. The van der Waals surface area contributed by atoms with Gasteiger partial charge in [0.25, 0.3) is 0 Å². The zero-order chi connectivity index (χ0) is 25.1. The van der Waals surface area contributed by atoms with Crippen molar-refractivity contribution in [2.45, 2.75) is 18.7 Å². The molecular formula is C25H23F6N3O. The van der Waals surface area contributed by atoms with E-state index in [4.69, 9.17) is 0 Å². The van der Waals surface area contributed by atoms with Crippen LogP contribution in [0, 0.1) is 0 Å². The molecule has 4 nitrogen and oxygen atoms in total. The maximum Gasteiger partial charge on any atom is 0.573 e.